The van der Waals surface area contributed by atoms with E-state index in [0.717, 1.165) is 34.9 Å². The summed E-state index contributed by atoms with van der Waals surface area (Å²) in [7, 11) is 0. The second-order valence-corrected chi connectivity index (χ2v) is 6.40. The fourth-order valence-corrected chi connectivity index (χ4v) is 3.23. The van der Waals surface area contributed by atoms with Gasteiger partial charge >= 0.3 is 5.69 Å². The standard InChI is InChI=1S/C20H14F3N5O2/c1-2-27-16-15(17(24)29)25-18(13-9-11(22)5-8-14(13)23)26-19(16)28(20(27)30)12-6-3-10(21)4-7-12/h3-9H,2H2,1H3,(H2,24,29). The first kappa shape index (κ1) is 19.4. The molecule has 0 saturated carbocycles. The Labute approximate surface area is 167 Å². The number of carbonyl (C=O) groups excluding carboxylic acids is 1. The first-order chi connectivity index (χ1) is 14.3. The van der Waals surface area contributed by atoms with Gasteiger partial charge in [0, 0.05) is 6.54 Å². The molecule has 7 nitrogen and oxygen atoms in total. The molecule has 0 unspecified atom stereocenters. The molecule has 0 aliphatic carbocycles. The Bertz CT molecular complexity index is 1360. The minimum absolute atomic E-state index is 0.0416. The number of halogens is 3. The average molecular weight is 413 g/mol. The zero-order valence-electron chi connectivity index (χ0n) is 15.6. The van der Waals surface area contributed by atoms with E-state index < -0.39 is 29.0 Å². The molecular formula is C20H14F3N5O2. The lowest BCUT2D eigenvalue weighted by molar-refractivity contribution is 0.0997. The quantitative estimate of drug-likeness (QED) is 0.557. The maximum absolute atomic E-state index is 14.3. The van der Waals surface area contributed by atoms with Gasteiger partial charge in [0.2, 0.25) is 0 Å². The monoisotopic (exact) mass is 413 g/mol. The van der Waals surface area contributed by atoms with Gasteiger partial charge in [-0.3, -0.25) is 9.36 Å². The Morgan fingerprint density at radius 3 is 2.33 bits per heavy atom. The van der Waals surface area contributed by atoms with Gasteiger partial charge in [-0.05, 0) is 49.4 Å². The minimum atomic E-state index is -0.973. The van der Waals surface area contributed by atoms with Gasteiger partial charge in [0.05, 0.1) is 11.3 Å². The summed E-state index contributed by atoms with van der Waals surface area (Å²) in [5.41, 5.74) is 4.52. The normalized spacial score (nSPS) is 11.2. The molecule has 2 heterocycles. The minimum Gasteiger partial charge on any atom is -0.364 e. The number of amides is 1. The number of primary amides is 1. The van der Waals surface area contributed by atoms with Gasteiger partial charge in [0.1, 0.15) is 23.0 Å². The van der Waals surface area contributed by atoms with Crippen molar-refractivity contribution in [2.45, 2.75) is 13.5 Å². The molecule has 30 heavy (non-hydrogen) atoms. The van der Waals surface area contributed by atoms with Crippen molar-refractivity contribution in [3.05, 3.63) is 76.1 Å². The lowest BCUT2D eigenvalue weighted by Gasteiger charge is -2.08. The zero-order valence-corrected chi connectivity index (χ0v) is 15.6. The van der Waals surface area contributed by atoms with Crippen LogP contribution in [-0.4, -0.2) is 25.0 Å². The number of fused-ring (bicyclic) bond motifs is 1. The van der Waals surface area contributed by atoms with E-state index in [1.165, 1.54) is 16.7 Å². The third-order valence-electron chi connectivity index (χ3n) is 4.57. The number of benzene rings is 2. The van der Waals surface area contributed by atoms with Crippen LogP contribution in [0.25, 0.3) is 28.2 Å². The van der Waals surface area contributed by atoms with Crippen LogP contribution in [-0.2, 0) is 6.54 Å². The topological polar surface area (TPSA) is 95.8 Å². The predicted octanol–water partition coefficient (Wildman–Crippen LogP) is 2.79. The first-order valence-electron chi connectivity index (χ1n) is 8.86. The smallest absolute Gasteiger partial charge is 0.335 e. The molecule has 10 heteroatoms. The first-order valence-corrected chi connectivity index (χ1v) is 8.86. The highest BCUT2D eigenvalue weighted by Gasteiger charge is 2.24. The SMILES string of the molecule is CCn1c(=O)n(-c2ccc(F)cc2)c2nc(-c3cc(F)ccc3F)nc(C(N)=O)c21. The molecule has 1 amide bonds. The van der Waals surface area contributed by atoms with Crippen molar-refractivity contribution in [1.82, 2.24) is 19.1 Å². The van der Waals surface area contributed by atoms with E-state index in [-0.39, 0.29) is 40.5 Å². The largest absolute Gasteiger partial charge is 0.364 e. The highest BCUT2D eigenvalue weighted by molar-refractivity contribution is 6.02. The van der Waals surface area contributed by atoms with Gasteiger partial charge in [0.15, 0.2) is 17.2 Å². The molecule has 0 atom stereocenters. The number of nitrogens with zero attached hydrogens (tertiary/aromatic N) is 4. The summed E-state index contributed by atoms with van der Waals surface area (Å²) in [6.07, 6.45) is 0. The number of rotatable bonds is 4. The molecule has 4 aromatic rings. The number of hydrogen-bond acceptors (Lipinski definition) is 4. The van der Waals surface area contributed by atoms with E-state index >= 15 is 0 Å². The van der Waals surface area contributed by atoms with E-state index in [0.29, 0.717) is 0 Å². The highest BCUT2D eigenvalue weighted by atomic mass is 19.1. The van der Waals surface area contributed by atoms with Gasteiger partial charge in [-0.15, -0.1) is 0 Å². The Morgan fingerprint density at radius 1 is 1.03 bits per heavy atom. The fraction of sp³-hybridized carbons (Fsp3) is 0.100. The van der Waals surface area contributed by atoms with Crippen molar-refractivity contribution in [1.29, 1.82) is 0 Å². The maximum Gasteiger partial charge on any atom is 0.335 e. The van der Waals surface area contributed by atoms with E-state index in [1.807, 2.05) is 0 Å². The van der Waals surface area contributed by atoms with Crippen LogP contribution in [0.15, 0.2) is 47.3 Å². The molecular weight excluding hydrogens is 399 g/mol. The van der Waals surface area contributed by atoms with Crippen LogP contribution in [0.3, 0.4) is 0 Å². The number of hydrogen-bond donors (Lipinski definition) is 1. The molecule has 0 aliphatic heterocycles. The molecule has 0 radical (unpaired) electrons. The highest BCUT2D eigenvalue weighted by Crippen LogP contribution is 2.26. The summed E-state index contributed by atoms with van der Waals surface area (Å²) in [5, 5.41) is 0. The van der Waals surface area contributed by atoms with E-state index in [4.69, 9.17) is 5.73 Å². The molecule has 2 N–H and O–H groups in total. The average Bonchev–Trinajstić information content (AvgIpc) is 3.00. The van der Waals surface area contributed by atoms with Crippen molar-refractivity contribution < 1.29 is 18.0 Å². The number of aromatic nitrogens is 4. The summed E-state index contributed by atoms with van der Waals surface area (Å²) in [5.74, 6) is -3.37. The molecule has 152 valence electrons. The Hall–Kier alpha value is -3.95. The number of imidazole rings is 1. The van der Waals surface area contributed by atoms with Crippen molar-refractivity contribution in [2.24, 2.45) is 5.73 Å². The zero-order chi connectivity index (χ0) is 21.6. The second-order valence-electron chi connectivity index (χ2n) is 6.40. The van der Waals surface area contributed by atoms with Crippen LogP contribution < -0.4 is 11.4 Å². The molecule has 0 saturated heterocycles. The van der Waals surface area contributed by atoms with E-state index in [1.54, 1.807) is 6.92 Å². The van der Waals surface area contributed by atoms with E-state index in [2.05, 4.69) is 9.97 Å². The summed E-state index contributed by atoms with van der Waals surface area (Å²) >= 11 is 0. The molecule has 0 bridgehead atoms. The third-order valence-corrected chi connectivity index (χ3v) is 4.57. The Morgan fingerprint density at radius 2 is 1.70 bits per heavy atom. The summed E-state index contributed by atoms with van der Waals surface area (Å²) < 4.78 is 43.8. The second kappa shape index (κ2) is 7.14. The van der Waals surface area contributed by atoms with Crippen LogP contribution in [0, 0.1) is 17.5 Å². The summed E-state index contributed by atoms with van der Waals surface area (Å²) in [6.45, 7) is 1.82. The molecule has 0 aliphatic rings. The van der Waals surface area contributed by atoms with E-state index in [9.17, 15) is 22.8 Å². The predicted molar refractivity (Wildman–Crippen MR) is 103 cm³/mol. The van der Waals surface area contributed by atoms with Gasteiger partial charge in [-0.1, -0.05) is 0 Å². The maximum atomic E-state index is 14.3. The van der Waals surface area contributed by atoms with Gasteiger partial charge in [0.25, 0.3) is 5.91 Å². The van der Waals surface area contributed by atoms with Gasteiger partial charge in [-0.2, -0.15) is 0 Å². The molecule has 2 aromatic heterocycles. The number of nitrogens with two attached hydrogens (primary N) is 1. The third kappa shape index (κ3) is 3.02. The number of aryl methyl sites for hydroxylation is 1. The fourth-order valence-electron chi connectivity index (χ4n) is 3.23. The van der Waals surface area contributed by atoms with Crippen LogP contribution >= 0.6 is 0 Å². The van der Waals surface area contributed by atoms with Crippen LogP contribution in [0.5, 0.6) is 0 Å². The van der Waals surface area contributed by atoms with Crippen LogP contribution in [0.2, 0.25) is 0 Å². The summed E-state index contributed by atoms with van der Waals surface area (Å²) in [4.78, 5) is 33.4. The van der Waals surface area contributed by atoms with Crippen molar-refractivity contribution in [3.63, 3.8) is 0 Å². The van der Waals surface area contributed by atoms with Crippen LogP contribution in [0.4, 0.5) is 13.2 Å². The Kier molecular flexibility index (Phi) is 4.61. The summed E-state index contributed by atoms with van der Waals surface area (Å²) in [6, 6.07) is 7.70. The van der Waals surface area contributed by atoms with Gasteiger partial charge < -0.3 is 5.73 Å². The molecule has 4 rings (SSSR count). The van der Waals surface area contributed by atoms with Crippen molar-refractivity contribution >= 4 is 17.1 Å². The molecule has 0 fully saturated rings. The molecule has 0 spiro atoms. The lowest BCUT2D eigenvalue weighted by atomic mass is 10.2. The van der Waals surface area contributed by atoms with Crippen molar-refractivity contribution in [2.75, 3.05) is 0 Å². The Balaban J connectivity index is 2.15. The molecule has 2 aromatic carbocycles. The number of carbonyl (C=O) groups is 1. The van der Waals surface area contributed by atoms with Gasteiger partial charge in [-0.25, -0.2) is 32.5 Å². The van der Waals surface area contributed by atoms with Crippen molar-refractivity contribution in [3.8, 4) is 17.1 Å². The lowest BCUT2D eigenvalue weighted by Crippen LogP contribution is -2.23. The van der Waals surface area contributed by atoms with Crippen LogP contribution in [0.1, 0.15) is 17.4 Å².